The number of nitrogens with two attached hydrogens (primary N) is 1. The Morgan fingerprint density at radius 2 is 1.95 bits per heavy atom. The van der Waals surface area contributed by atoms with Gasteiger partial charge in [0.05, 0.1) is 11.4 Å². The zero-order valence-electron chi connectivity index (χ0n) is 12.3. The Hall–Kier alpha value is -1.63. The number of rotatable bonds is 3. The molecule has 1 atom stereocenters. The number of nitrogen functional groups attached to an aromatic ring is 1. The van der Waals surface area contributed by atoms with Crippen LogP contribution in [0.1, 0.15) is 23.1 Å². The quantitative estimate of drug-likeness (QED) is 0.682. The molecule has 1 fully saturated rings. The van der Waals surface area contributed by atoms with Crippen molar-refractivity contribution in [3.8, 4) is 0 Å². The predicted octanol–water partition coefficient (Wildman–Crippen LogP) is 1.85. The van der Waals surface area contributed by atoms with Crippen molar-refractivity contribution in [3.05, 3.63) is 22.8 Å². The lowest BCUT2D eigenvalue weighted by Crippen LogP contribution is -2.27. The molecule has 1 amide bonds. The predicted molar refractivity (Wildman–Crippen MR) is 80.4 cm³/mol. The van der Waals surface area contributed by atoms with Gasteiger partial charge in [-0.25, -0.2) is 0 Å². The molecule has 5 nitrogen and oxygen atoms in total. The highest BCUT2D eigenvalue weighted by Crippen LogP contribution is 2.35. The molecule has 1 aliphatic rings. The van der Waals surface area contributed by atoms with Gasteiger partial charge < -0.3 is 10.6 Å². The molecule has 0 aliphatic carbocycles. The second-order valence-corrected chi connectivity index (χ2v) is 7.09. The van der Waals surface area contributed by atoms with Crippen molar-refractivity contribution in [1.29, 1.82) is 0 Å². The third-order valence-electron chi connectivity index (χ3n) is 3.90. The number of anilines is 2. The van der Waals surface area contributed by atoms with Gasteiger partial charge in [-0.1, -0.05) is 6.07 Å². The molecule has 1 aromatic carbocycles. The van der Waals surface area contributed by atoms with Crippen molar-refractivity contribution in [3.63, 3.8) is 0 Å². The van der Waals surface area contributed by atoms with Crippen molar-refractivity contribution in [2.24, 2.45) is 5.92 Å². The number of carbonyl (C=O) groups excluding carboxylic acids is 1. The Labute approximate surface area is 124 Å². The number of halogens is 1. The largest absolute Gasteiger partial charge is 0.398 e. The van der Waals surface area contributed by atoms with Crippen molar-refractivity contribution < 1.29 is 17.1 Å². The van der Waals surface area contributed by atoms with Gasteiger partial charge in [-0.3, -0.25) is 4.79 Å². The van der Waals surface area contributed by atoms with Crippen LogP contribution in [0.4, 0.5) is 15.3 Å². The lowest BCUT2D eigenvalue weighted by Gasteiger charge is -2.23. The van der Waals surface area contributed by atoms with Gasteiger partial charge in [-0.15, -0.1) is 3.89 Å². The summed E-state index contributed by atoms with van der Waals surface area (Å²) in [5, 5.41) is 0. The highest BCUT2D eigenvalue weighted by molar-refractivity contribution is 7.86. The Morgan fingerprint density at radius 3 is 2.52 bits per heavy atom. The van der Waals surface area contributed by atoms with Gasteiger partial charge in [0.25, 0.3) is 0 Å². The molecule has 0 saturated carbocycles. The first-order valence-corrected chi connectivity index (χ1v) is 8.24. The summed E-state index contributed by atoms with van der Waals surface area (Å²) in [6, 6.07) is 1.89. The number of hydrogen-bond donors (Lipinski definition) is 1. The average molecular weight is 314 g/mol. The topological polar surface area (TPSA) is 80.5 Å². The smallest absolute Gasteiger partial charge is 0.302 e. The van der Waals surface area contributed by atoms with E-state index in [4.69, 9.17) is 5.73 Å². The van der Waals surface area contributed by atoms with Crippen LogP contribution < -0.4 is 10.6 Å². The van der Waals surface area contributed by atoms with Gasteiger partial charge >= 0.3 is 10.2 Å². The average Bonchev–Trinajstić information content (AvgIpc) is 2.65. The van der Waals surface area contributed by atoms with Crippen LogP contribution in [0.15, 0.2) is 6.07 Å². The van der Waals surface area contributed by atoms with E-state index in [0.29, 0.717) is 11.4 Å². The maximum absolute atomic E-state index is 12.8. The highest BCUT2D eigenvalue weighted by Gasteiger charge is 2.35. The van der Waals surface area contributed by atoms with Gasteiger partial charge in [0.1, 0.15) is 0 Å². The summed E-state index contributed by atoms with van der Waals surface area (Å²) in [6.45, 7) is 5.80. The summed E-state index contributed by atoms with van der Waals surface area (Å²) in [7, 11) is -4.58. The standard InChI is InChI=1S/C14H19FN2O3S/c1-8-4-9(2)14(10(3)13(8)16)17-6-11(5-12(17)18)7-21(15,19)20/h4,11H,5-7,16H2,1-3H3. The van der Waals surface area contributed by atoms with Crippen molar-refractivity contribution in [1.82, 2.24) is 0 Å². The van der Waals surface area contributed by atoms with Crippen LogP contribution in [0.5, 0.6) is 0 Å². The second-order valence-electron chi connectivity index (χ2n) is 5.68. The fourth-order valence-corrected chi connectivity index (χ4v) is 3.78. The van der Waals surface area contributed by atoms with E-state index in [-0.39, 0.29) is 18.9 Å². The number of carbonyl (C=O) groups is 1. The van der Waals surface area contributed by atoms with Crippen LogP contribution in [0, 0.1) is 26.7 Å². The summed E-state index contributed by atoms with van der Waals surface area (Å²) in [6.07, 6.45) is 0.0375. The van der Waals surface area contributed by atoms with E-state index in [0.717, 1.165) is 16.7 Å². The molecule has 2 N–H and O–H groups in total. The molecule has 21 heavy (non-hydrogen) atoms. The fourth-order valence-electron chi connectivity index (χ4n) is 3.00. The second kappa shape index (κ2) is 5.29. The summed E-state index contributed by atoms with van der Waals surface area (Å²) in [5.41, 5.74) is 9.96. The van der Waals surface area contributed by atoms with Gasteiger partial charge in [-0.05, 0) is 37.5 Å². The molecule has 1 unspecified atom stereocenters. The fraction of sp³-hybridized carbons (Fsp3) is 0.500. The SMILES string of the molecule is Cc1cc(C)c(N2CC(CS(=O)(=O)F)CC2=O)c(C)c1N. The number of amides is 1. The van der Waals surface area contributed by atoms with Gasteiger partial charge in [0, 0.05) is 24.6 Å². The first-order valence-electron chi connectivity index (χ1n) is 6.69. The van der Waals surface area contributed by atoms with E-state index < -0.39 is 21.9 Å². The molecule has 0 radical (unpaired) electrons. The van der Waals surface area contributed by atoms with Crippen LogP contribution in [0.3, 0.4) is 0 Å². The molecular formula is C14H19FN2O3S. The van der Waals surface area contributed by atoms with Crippen LogP contribution in [-0.2, 0) is 15.0 Å². The number of benzene rings is 1. The monoisotopic (exact) mass is 314 g/mol. The number of hydrogen-bond acceptors (Lipinski definition) is 4. The molecule has 1 saturated heterocycles. The van der Waals surface area contributed by atoms with Gasteiger partial charge in [0.15, 0.2) is 0 Å². The number of aryl methyl sites for hydroxylation is 2. The van der Waals surface area contributed by atoms with E-state index >= 15 is 0 Å². The molecule has 0 spiro atoms. The maximum atomic E-state index is 12.8. The summed E-state index contributed by atoms with van der Waals surface area (Å²) in [5.74, 6) is -1.33. The van der Waals surface area contributed by atoms with Crippen LogP contribution in [0.2, 0.25) is 0 Å². The normalized spacial score (nSPS) is 19.3. The third-order valence-corrected chi connectivity index (χ3v) is 4.77. The minimum atomic E-state index is -4.58. The first-order chi connectivity index (χ1) is 9.60. The molecule has 0 aromatic heterocycles. The zero-order chi connectivity index (χ0) is 15.9. The van der Waals surface area contributed by atoms with Gasteiger partial charge in [0.2, 0.25) is 5.91 Å². The molecule has 7 heteroatoms. The van der Waals surface area contributed by atoms with E-state index in [2.05, 4.69) is 0 Å². The third kappa shape index (κ3) is 3.18. The molecule has 1 heterocycles. The Balaban J connectivity index is 2.36. The van der Waals surface area contributed by atoms with Crippen molar-refractivity contribution in [2.45, 2.75) is 27.2 Å². The Morgan fingerprint density at radius 1 is 1.33 bits per heavy atom. The first kappa shape index (κ1) is 15.8. The molecule has 1 aromatic rings. The Kier molecular flexibility index (Phi) is 3.97. The van der Waals surface area contributed by atoms with Crippen LogP contribution in [0.25, 0.3) is 0 Å². The summed E-state index contributed by atoms with van der Waals surface area (Å²) >= 11 is 0. The molecule has 2 rings (SSSR count). The van der Waals surface area contributed by atoms with E-state index in [9.17, 15) is 17.1 Å². The number of nitrogens with zero attached hydrogens (tertiary/aromatic N) is 1. The van der Waals surface area contributed by atoms with E-state index in [1.807, 2.05) is 26.8 Å². The lowest BCUT2D eigenvalue weighted by atomic mass is 10.0. The maximum Gasteiger partial charge on any atom is 0.302 e. The summed E-state index contributed by atoms with van der Waals surface area (Å²) in [4.78, 5) is 13.7. The molecule has 1 aliphatic heterocycles. The summed E-state index contributed by atoms with van der Waals surface area (Å²) < 4.78 is 34.3. The molecule has 116 valence electrons. The van der Waals surface area contributed by atoms with Gasteiger partial charge in [-0.2, -0.15) is 8.42 Å². The highest BCUT2D eigenvalue weighted by atomic mass is 32.3. The lowest BCUT2D eigenvalue weighted by molar-refractivity contribution is -0.117. The zero-order valence-corrected chi connectivity index (χ0v) is 13.1. The van der Waals surface area contributed by atoms with Crippen molar-refractivity contribution in [2.75, 3.05) is 22.9 Å². The molecular weight excluding hydrogens is 295 g/mol. The van der Waals surface area contributed by atoms with Crippen LogP contribution in [-0.4, -0.2) is 26.6 Å². The minimum absolute atomic E-state index is 0.0375. The molecule has 0 bridgehead atoms. The van der Waals surface area contributed by atoms with Crippen LogP contribution >= 0.6 is 0 Å². The van der Waals surface area contributed by atoms with E-state index in [1.54, 1.807) is 0 Å². The van der Waals surface area contributed by atoms with Crippen molar-refractivity contribution >= 4 is 27.5 Å². The van der Waals surface area contributed by atoms with E-state index in [1.165, 1.54) is 4.90 Å². The minimum Gasteiger partial charge on any atom is -0.398 e. The Bertz CT molecular complexity index is 701.